The first kappa shape index (κ1) is 21.8. The van der Waals surface area contributed by atoms with Gasteiger partial charge in [0.1, 0.15) is 5.78 Å². The smallest absolute Gasteiger partial charge is 0.336 e. The largest absolute Gasteiger partial charge is 0.504 e. The molecule has 0 aliphatic carbocycles. The zero-order chi connectivity index (χ0) is 19.7. The van der Waals surface area contributed by atoms with Gasteiger partial charge in [0.15, 0.2) is 11.5 Å². The Morgan fingerprint density at radius 2 is 1.50 bits per heavy atom. The van der Waals surface area contributed by atoms with E-state index in [-0.39, 0.29) is 11.1 Å². The molecule has 6 heteroatoms. The Kier molecular flexibility index (Phi) is 8.96. The van der Waals surface area contributed by atoms with Gasteiger partial charge in [-0.1, -0.05) is 39.5 Å². The lowest BCUT2D eigenvalue weighted by molar-refractivity contribution is -0.119. The van der Waals surface area contributed by atoms with E-state index in [9.17, 15) is 30.0 Å². The zero-order valence-electron chi connectivity index (χ0n) is 15.6. The fourth-order valence-electron chi connectivity index (χ4n) is 3.02. The van der Waals surface area contributed by atoms with E-state index in [2.05, 4.69) is 0 Å². The number of carbonyl (C=O) groups excluding carboxylic acids is 1. The summed E-state index contributed by atoms with van der Waals surface area (Å²) in [5.41, 5.74) is -0.0476. The summed E-state index contributed by atoms with van der Waals surface area (Å²) in [6, 6.07) is 0.959. The Morgan fingerprint density at radius 3 is 2.08 bits per heavy atom. The molecule has 1 aromatic carbocycles. The van der Waals surface area contributed by atoms with Crippen molar-refractivity contribution in [3.05, 3.63) is 17.2 Å². The van der Waals surface area contributed by atoms with Crippen LogP contribution in [0.3, 0.4) is 0 Å². The topological polar surface area (TPSA) is 115 Å². The molecule has 0 saturated heterocycles. The summed E-state index contributed by atoms with van der Waals surface area (Å²) in [4.78, 5) is 22.8. The number of hydrogen-bond acceptors (Lipinski definition) is 5. The van der Waals surface area contributed by atoms with Crippen LogP contribution in [0.15, 0.2) is 6.07 Å². The van der Waals surface area contributed by atoms with Crippen LogP contribution in [-0.4, -0.2) is 32.2 Å². The van der Waals surface area contributed by atoms with E-state index in [4.69, 9.17) is 0 Å². The number of aromatic hydroxyl groups is 3. The highest BCUT2D eigenvalue weighted by atomic mass is 16.4. The quantitative estimate of drug-likeness (QED) is 0.322. The van der Waals surface area contributed by atoms with Crippen LogP contribution in [0.25, 0.3) is 0 Å². The van der Waals surface area contributed by atoms with Gasteiger partial charge in [-0.3, -0.25) is 4.79 Å². The van der Waals surface area contributed by atoms with Crippen molar-refractivity contribution in [3.63, 3.8) is 0 Å². The Hall–Kier alpha value is -2.24. The molecule has 26 heavy (non-hydrogen) atoms. The summed E-state index contributed by atoms with van der Waals surface area (Å²) < 4.78 is 0. The number of carboxylic acids is 1. The third-order valence-corrected chi connectivity index (χ3v) is 4.36. The predicted octanol–water partition coefficient (Wildman–Crippen LogP) is 4.39. The summed E-state index contributed by atoms with van der Waals surface area (Å²) >= 11 is 0. The first-order valence-corrected chi connectivity index (χ1v) is 9.25. The summed E-state index contributed by atoms with van der Waals surface area (Å²) in [7, 11) is 0. The van der Waals surface area contributed by atoms with Gasteiger partial charge in [0.2, 0.25) is 5.75 Å². The molecule has 0 atom stereocenters. The third-order valence-electron chi connectivity index (χ3n) is 4.36. The summed E-state index contributed by atoms with van der Waals surface area (Å²) in [5, 5.41) is 38.1. The maximum atomic E-state index is 11.6. The molecule has 4 N–H and O–H groups in total. The van der Waals surface area contributed by atoms with Gasteiger partial charge in [0, 0.05) is 18.4 Å². The van der Waals surface area contributed by atoms with Crippen LogP contribution in [0.2, 0.25) is 0 Å². The van der Waals surface area contributed by atoms with Crippen LogP contribution >= 0.6 is 0 Å². The lowest BCUT2D eigenvalue weighted by Crippen LogP contribution is -2.03. The van der Waals surface area contributed by atoms with E-state index in [1.807, 2.05) is 13.8 Å². The highest BCUT2D eigenvalue weighted by Gasteiger charge is 2.20. The van der Waals surface area contributed by atoms with Gasteiger partial charge in [-0.2, -0.15) is 0 Å². The highest BCUT2D eigenvalue weighted by Crippen LogP contribution is 2.40. The minimum atomic E-state index is -1.25. The van der Waals surface area contributed by atoms with Gasteiger partial charge in [-0.05, 0) is 31.2 Å². The van der Waals surface area contributed by atoms with Crippen LogP contribution in [0.5, 0.6) is 17.2 Å². The Morgan fingerprint density at radius 1 is 0.923 bits per heavy atom. The highest BCUT2D eigenvalue weighted by molar-refractivity contribution is 5.91. The summed E-state index contributed by atoms with van der Waals surface area (Å²) in [5.74, 6) is -2.41. The van der Waals surface area contributed by atoms with E-state index in [1.54, 1.807) is 0 Å². The molecule has 1 aromatic rings. The fourth-order valence-corrected chi connectivity index (χ4v) is 3.02. The number of carboxylic acid groups (broad SMARTS) is 1. The number of phenolic OH excluding ortho intramolecular Hbond substituents is 3. The number of Topliss-reactive ketones (excluding diaryl/α,β-unsaturated/α-hetero) is 1. The predicted molar refractivity (Wildman–Crippen MR) is 98.9 cm³/mol. The number of rotatable bonds is 12. The van der Waals surface area contributed by atoms with E-state index in [0.717, 1.165) is 38.2 Å². The van der Waals surface area contributed by atoms with Crippen LogP contribution < -0.4 is 0 Å². The van der Waals surface area contributed by atoms with Crippen molar-refractivity contribution >= 4 is 11.8 Å². The van der Waals surface area contributed by atoms with Crippen molar-refractivity contribution < 1.29 is 30.0 Å². The molecule has 0 unspecified atom stereocenters. The van der Waals surface area contributed by atoms with Crippen LogP contribution in [0.4, 0.5) is 0 Å². The Labute approximate surface area is 154 Å². The second-order valence-electron chi connectivity index (χ2n) is 7.18. The molecule has 0 amide bonds. The number of benzene rings is 1. The molecule has 0 aliphatic heterocycles. The fraction of sp³-hybridized carbons (Fsp3) is 0.600. The number of phenols is 3. The molecule has 1 rings (SSSR count). The molecule has 0 bridgehead atoms. The molecule has 0 aromatic heterocycles. The molecular weight excluding hydrogens is 336 g/mol. The number of hydrogen-bond donors (Lipinski definition) is 4. The van der Waals surface area contributed by atoms with Gasteiger partial charge in [-0.15, -0.1) is 0 Å². The first-order valence-electron chi connectivity index (χ1n) is 9.25. The van der Waals surface area contributed by atoms with Gasteiger partial charge < -0.3 is 20.4 Å². The molecule has 146 valence electrons. The minimum absolute atomic E-state index is 0.145. The van der Waals surface area contributed by atoms with Crippen molar-refractivity contribution in [3.8, 4) is 17.2 Å². The van der Waals surface area contributed by atoms with Gasteiger partial charge in [0.05, 0.1) is 5.56 Å². The van der Waals surface area contributed by atoms with Gasteiger partial charge in [0.25, 0.3) is 0 Å². The molecule has 0 aliphatic rings. The van der Waals surface area contributed by atoms with Crippen molar-refractivity contribution in [2.45, 2.75) is 71.6 Å². The number of aromatic carboxylic acids is 1. The van der Waals surface area contributed by atoms with Crippen molar-refractivity contribution in [1.82, 2.24) is 0 Å². The summed E-state index contributed by atoms with van der Waals surface area (Å²) in [6.45, 7) is 4.08. The molecule has 0 saturated carbocycles. The molecule has 6 nitrogen and oxygen atoms in total. The molecule has 0 fully saturated rings. The minimum Gasteiger partial charge on any atom is -0.504 e. The second kappa shape index (κ2) is 10.7. The normalized spacial score (nSPS) is 11.0. The first-order chi connectivity index (χ1) is 12.2. The van der Waals surface area contributed by atoms with Gasteiger partial charge in [-0.25, -0.2) is 4.79 Å². The van der Waals surface area contributed by atoms with E-state index < -0.39 is 23.2 Å². The number of unbranched alkanes of at least 4 members (excludes halogenated alkanes) is 5. The molecular formula is C20H30O6. The van der Waals surface area contributed by atoms with Crippen LogP contribution in [0, 0.1) is 5.92 Å². The van der Waals surface area contributed by atoms with E-state index in [0.29, 0.717) is 37.4 Å². The average molecular weight is 366 g/mol. The lowest BCUT2D eigenvalue weighted by atomic mass is 9.98. The standard InChI is InChI=1S/C20H30O6/c1-13(2)11-14(21)9-7-5-3-4-6-8-10-15-16(20(25)26)12-17(22)19(24)18(15)23/h12-13,22-24H,3-11H2,1-2H3,(H,25,26). The second-order valence-corrected chi connectivity index (χ2v) is 7.18. The number of ketones is 1. The molecule has 0 spiro atoms. The monoisotopic (exact) mass is 366 g/mol. The van der Waals surface area contributed by atoms with E-state index >= 15 is 0 Å². The average Bonchev–Trinajstić information content (AvgIpc) is 2.55. The van der Waals surface area contributed by atoms with E-state index in [1.165, 1.54) is 0 Å². The Balaban J connectivity index is 2.33. The van der Waals surface area contributed by atoms with Crippen LogP contribution in [0.1, 0.15) is 81.1 Å². The molecule has 0 radical (unpaired) electrons. The third kappa shape index (κ3) is 6.94. The number of carbonyl (C=O) groups is 2. The van der Waals surface area contributed by atoms with Gasteiger partial charge >= 0.3 is 5.97 Å². The summed E-state index contributed by atoms with van der Waals surface area (Å²) in [6.07, 6.45) is 7.00. The SMILES string of the molecule is CC(C)CC(=O)CCCCCCCCc1c(C(=O)O)cc(O)c(O)c1O. The molecule has 0 heterocycles. The maximum absolute atomic E-state index is 11.6. The Bertz CT molecular complexity index is 621. The van der Waals surface area contributed by atoms with Crippen molar-refractivity contribution in [2.75, 3.05) is 0 Å². The lowest BCUT2D eigenvalue weighted by Gasteiger charge is -2.11. The maximum Gasteiger partial charge on any atom is 0.336 e. The zero-order valence-corrected chi connectivity index (χ0v) is 15.6. The van der Waals surface area contributed by atoms with Crippen molar-refractivity contribution in [1.29, 1.82) is 0 Å². The van der Waals surface area contributed by atoms with Crippen molar-refractivity contribution in [2.24, 2.45) is 5.92 Å². The van der Waals surface area contributed by atoms with Crippen LogP contribution in [-0.2, 0) is 11.2 Å².